The van der Waals surface area contributed by atoms with Gasteiger partial charge in [-0.15, -0.1) is 0 Å². The van der Waals surface area contributed by atoms with Crippen molar-refractivity contribution < 1.29 is 19.0 Å². The maximum atomic E-state index is 13.6. The van der Waals surface area contributed by atoms with Crippen LogP contribution >= 0.6 is 0 Å². The Hall–Kier alpha value is -1.90. The molecule has 1 rings (SSSR count). The van der Waals surface area contributed by atoms with E-state index in [1.54, 1.807) is 6.07 Å². The average Bonchev–Trinajstić information content (AvgIpc) is 2.39. The van der Waals surface area contributed by atoms with Crippen molar-refractivity contribution in [3.05, 3.63) is 29.6 Å². The molecule has 0 fully saturated rings. The minimum absolute atomic E-state index is 0.0830. The topological polar surface area (TPSA) is 58.6 Å². The molecule has 0 spiro atoms. The van der Waals surface area contributed by atoms with Crippen LogP contribution in [-0.2, 0) is 9.53 Å². The average molecular weight is 265 g/mol. The number of rotatable bonds is 5. The van der Waals surface area contributed by atoms with Gasteiger partial charge in [0.2, 0.25) is 5.91 Å². The Kier molecular flexibility index (Phi) is 6.58. The predicted molar refractivity (Wildman–Crippen MR) is 70.1 cm³/mol. The van der Waals surface area contributed by atoms with Gasteiger partial charge < -0.3 is 15.2 Å². The van der Waals surface area contributed by atoms with Crippen molar-refractivity contribution in [2.45, 2.75) is 13.3 Å². The van der Waals surface area contributed by atoms with Crippen LogP contribution in [0.15, 0.2) is 18.2 Å². The fourth-order valence-electron chi connectivity index (χ4n) is 1.33. The molecule has 5 heteroatoms. The highest BCUT2D eigenvalue weighted by atomic mass is 19.1. The highest BCUT2D eigenvalue weighted by molar-refractivity contribution is 5.91. The first-order valence-corrected chi connectivity index (χ1v) is 5.94. The summed E-state index contributed by atoms with van der Waals surface area (Å²) < 4.78 is 18.7. The van der Waals surface area contributed by atoms with Crippen molar-refractivity contribution in [3.63, 3.8) is 0 Å². The van der Waals surface area contributed by atoms with Crippen molar-refractivity contribution in [1.82, 2.24) is 0 Å². The van der Waals surface area contributed by atoms with Gasteiger partial charge in [-0.05, 0) is 24.6 Å². The number of aliphatic hydroxyl groups is 1. The van der Waals surface area contributed by atoms with Gasteiger partial charge in [0.1, 0.15) is 19.0 Å². The van der Waals surface area contributed by atoms with Crippen molar-refractivity contribution in [3.8, 4) is 11.8 Å². The van der Waals surface area contributed by atoms with Gasteiger partial charge in [0.05, 0.1) is 5.69 Å². The van der Waals surface area contributed by atoms with Gasteiger partial charge in [-0.1, -0.05) is 18.8 Å². The highest BCUT2D eigenvalue weighted by Crippen LogP contribution is 2.15. The second kappa shape index (κ2) is 8.25. The van der Waals surface area contributed by atoms with E-state index in [1.807, 2.05) is 6.92 Å². The monoisotopic (exact) mass is 265 g/mol. The van der Waals surface area contributed by atoms with Crippen LogP contribution < -0.4 is 5.32 Å². The minimum atomic E-state index is -0.575. The summed E-state index contributed by atoms with van der Waals surface area (Å²) in [6, 6.07) is 4.19. The van der Waals surface area contributed by atoms with Crippen molar-refractivity contribution in [2.75, 3.05) is 25.1 Å². The molecule has 0 saturated heterocycles. The second-order valence-corrected chi connectivity index (χ2v) is 3.76. The molecular weight excluding hydrogens is 249 g/mol. The van der Waals surface area contributed by atoms with Crippen LogP contribution in [0.1, 0.15) is 18.9 Å². The van der Waals surface area contributed by atoms with Crippen LogP contribution in [0.4, 0.5) is 10.1 Å². The van der Waals surface area contributed by atoms with Crippen molar-refractivity contribution >= 4 is 11.6 Å². The number of aliphatic hydroxyl groups excluding tert-OH is 1. The van der Waals surface area contributed by atoms with Crippen molar-refractivity contribution in [2.24, 2.45) is 0 Å². The molecule has 0 saturated carbocycles. The third kappa shape index (κ3) is 5.51. The van der Waals surface area contributed by atoms with E-state index in [-0.39, 0.29) is 18.9 Å². The third-order valence-corrected chi connectivity index (χ3v) is 2.14. The largest absolute Gasteiger partial charge is 0.384 e. The number of benzene rings is 1. The minimum Gasteiger partial charge on any atom is -0.384 e. The molecule has 0 heterocycles. The number of nitrogens with one attached hydrogen (secondary N) is 1. The summed E-state index contributed by atoms with van der Waals surface area (Å²) in [5, 5.41) is 11.0. The lowest BCUT2D eigenvalue weighted by molar-refractivity contribution is -0.120. The molecule has 1 amide bonds. The van der Waals surface area contributed by atoms with Crippen LogP contribution in [0.2, 0.25) is 0 Å². The number of hydrogen-bond acceptors (Lipinski definition) is 3. The van der Waals surface area contributed by atoms with Gasteiger partial charge in [-0.2, -0.15) is 0 Å². The Bertz CT molecular complexity index is 491. The Morgan fingerprint density at radius 1 is 1.53 bits per heavy atom. The number of carbonyl (C=O) groups is 1. The lowest BCUT2D eigenvalue weighted by Gasteiger charge is -2.07. The molecule has 0 aliphatic rings. The summed E-state index contributed by atoms with van der Waals surface area (Å²) in [5.41, 5.74) is 0.520. The number of carbonyl (C=O) groups excluding carboxylic acids is 1. The van der Waals surface area contributed by atoms with Crippen LogP contribution in [0, 0.1) is 17.7 Å². The molecule has 2 N–H and O–H groups in total. The lowest BCUT2D eigenvalue weighted by atomic mass is 10.2. The van der Waals surface area contributed by atoms with E-state index < -0.39 is 11.7 Å². The lowest BCUT2D eigenvalue weighted by Crippen LogP contribution is -2.19. The highest BCUT2D eigenvalue weighted by Gasteiger charge is 2.07. The summed E-state index contributed by atoms with van der Waals surface area (Å²) in [6.45, 7) is 2.05. The van der Waals surface area contributed by atoms with E-state index in [0.29, 0.717) is 12.2 Å². The van der Waals surface area contributed by atoms with E-state index in [2.05, 4.69) is 17.2 Å². The van der Waals surface area contributed by atoms with Crippen LogP contribution in [-0.4, -0.2) is 30.8 Å². The zero-order valence-electron chi connectivity index (χ0n) is 10.7. The predicted octanol–water partition coefficient (Wildman–Crippen LogP) is 1.53. The van der Waals surface area contributed by atoms with E-state index in [1.165, 1.54) is 12.1 Å². The molecule has 0 bridgehead atoms. The van der Waals surface area contributed by atoms with Crippen LogP contribution in [0.3, 0.4) is 0 Å². The number of anilines is 1. The summed E-state index contributed by atoms with van der Waals surface area (Å²) in [6.07, 6.45) is 0.819. The van der Waals surface area contributed by atoms with E-state index in [4.69, 9.17) is 9.84 Å². The molecule has 1 aromatic rings. The summed E-state index contributed by atoms with van der Waals surface area (Å²) in [7, 11) is 0. The van der Waals surface area contributed by atoms with Gasteiger partial charge in [-0.25, -0.2) is 4.39 Å². The summed E-state index contributed by atoms with van der Waals surface area (Å²) in [5.74, 6) is 4.02. The van der Waals surface area contributed by atoms with Gasteiger partial charge in [0.25, 0.3) is 0 Å². The number of ether oxygens (including phenoxy) is 1. The first-order valence-electron chi connectivity index (χ1n) is 5.94. The fourth-order valence-corrected chi connectivity index (χ4v) is 1.33. The summed E-state index contributed by atoms with van der Waals surface area (Å²) >= 11 is 0. The Labute approximate surface area is 111 Å². The van der Waals surface area contributed by atoms with Gasteiger partial charge in [0.15, 0.2) is 0 Å². The maximum absolute atomic E-state index is 13.6. The van der Waals surface area contributed by atoms with Crippen LogP contribution in [0.5, 0.6) is 0 Å². The summed E-state index contributed by atoms with van der Waals surface area (Å²) in [4.78, 5) is 11.4. The zero-order chi connectivity index (χ0) is 14.1. The molecule has 0 aromatic heterocycles. The number of halogens is 1. The molecule has 102 valence electrons. The molecule has 0 aliphatic carbocycles. The number of amides is 1. The van der Waals surface area contributed by atoms with E-state index in [0.717, 1.165) is 6.42 Å². The van der Waals surface area contributed by atoms with E-state index >= 15 is 0 Å². The zero-order valence-corrected chi connectivity index (χ0v) is 10.7. The normalized spacial score (nSPS) is 9.63. The standard InChI is InChI=1S/C14H16FNO3/c1-2-8-19-10-14(18)16-13-6-5-11(4-3-7-17)9-12(13)15/h5-6,9,17H,2,7-8,10H2,1H3,(H,16,18). The smallest absolute Gasteiger partial charge is 0.250 e. The van der Waals surface area contributed by atoms with Crippen LogP contribution in [0.25, 0.3) is 0 Å². The molecule has 19 heavy (non-hydrogen) atoms. The van der Waals surface area contributed by atoms with Crippen molar-refractivity contribution in [1.29, 1.82) is 0 Å². The van der Waals surface area contributed by atoms with Gasteiger partial charge >= 0.3 is 0 Å². The Morgan fingerprint density at radius 2 is 2.32 bits per heavy atom. The molecule has 0 radical (unpaired) electrons. The fraction of sp³-hybridized carbons (Fsp3) is 0.357. The van der Waals surface area contributed by atoms with Gasteiger partial charge in [0, 0.05) is 12.2 Å². The first-order chi connectivity index (χ1) is 9.17. The molecule has 0 atom stereocenters. The Morgan fingerprint density at radius 3 is 2.95 bits per heavy atom. The van der Waals surface area contributed by atoms with E-state index in [9.17, 15) is 9.18 Å². The second-order valence-electron chi connectivity index (χ2n) is 3.76. The van der Waals surface area contributed by atoms with Gasteiger partial charge in [-0.3, -0.25) is 4.79 Å². The maximum Gasteiger partial charge on any atom is 0.250 e. The SMILES string of the molecule is CCCOCC(=O)Nc1ccc(C#CCO)cc1F. The number of hydrogen-bond donors (Lipinski definition) is 2. The molecular formula is C14H16FNO3. The molecule has 0 aliphatic heterocycles. The molecule has 4 nitrogen and oxygen atoms in total. The molecule has 1 aromatic carbocycles. The Balaban J connectivity index is 2.62. The first kappa shape index (κ1) is 15.2. The quantitative estimate of drug-likeness (QED) is 0.627. The molecule has 0 unspecified atom stereocenters. The third-order valence-electron chi connectivity index (χ3n) is 2.14.